The zero-order valence-corrected chi connectivity index (χ0v) is 16.9. The number of hydrazine groups is 1. The molecule has 1 aliphatic heterocycles. The van der Waals surface area contributed by atoms with E-state index < -0.39 is 5.54 Å². The highest BCUT2D eigenvalue weighted by Gasteiger charge is 2.47. The molecular formula is C22H19N3OS2. The Labute approximate surface area is 173 Å². The number of thiocarbonyl (C=S) groups is 1. The van der Waals surface area contributed by atoms with E-state index in [9.17, 15) is 4.79 Å². The minimum atomic E-state index is -0.908. The third-order valence-corrected chi connectivity index (χ3v) is 5.92. The van der Waals surface area contributed by atoms with E-state index in [1.54, 1.807) is 11.8 Å². The van der Waals surface area contributed by atoms with E-state index in [0.717, 1.165) is 16.1 Å². The molecule has 4 nitrogen and oxygen atoms in total. The minimum absolute atomic E-state index is 0.134. The van der Waals surface area contributed by atoms with Crippen molar-refractivity contribution in [3.8, 4) is 0 Å². The van der Waals surface area contributed by atoms with Crippen LogP contribution in [-0.2, 0) is 10.3 Å². The first-order chi connectivity index (χ1) is 13.6. The highest BCUT2D eigenvalue weighted by Crippen LogP contribution is 2.32. The predicted molar refractivity (Wildman–Crippen MR) is 117 cm³/mol. The number of para-hydroxylation sites is 1. The van der Waals surface area contributed by atoms with Gasteiger partial charge in [-0.2, -0.15) is 5.01 Å². The van der Waals surface area contributed by atoms with Crippen LogP contribution in [0.5, 0.6) is 0 Å². The highest BCUT2D eigenvalue weighted by molar-refractivity contribution is 7.99. The Balaban J connectivity index is 1.53. The molecule has 2 N–H and O–H groups in total. The van der Waals surface area contributed by atoms with Crippen molar-refractivity contribution in [3.63, 3.8) is 0 Å². The molecule has 1 fully saturated rings. The molecule has 0 aromatic heterocycles. The van der Waals surface area contributed by atoms with Crippen LogP contribution in [0, 0.1) is 0 Å². The third-order valence-electron chi connectivity index (χ3n) is 4.62. The first-order valence-corrected chi connectivity index (χ1v) is 10.1. The summed E-state index contributed by atoms with van der Waals surface area (Å²) in [6, 6.07) is 27.7. The molecule has 0 bridgehead atoms. The number of rotatable bonds is 5. The van der Waals surface area contributed by atoms with Gasteiger partial charge in [0.1, 0.15) is 5.54 Å². The molecule has 6 heteroatoms. The van der Waals surface area contributed by atoms with Crippen LogP contribution in [-0.4, -0.2) is 16.0 Å². The Hall–Kier alpha value is -2.83. The number of amides is 1. The van der Waals surface area contributed by atoms with Crippen LogP contribution in [0.3, 0.4) is 0 Å². The summed E-state index contributed by atoms with van der Waals surface area (Å²) in [7, 11) is 0. The van der Waals surface area contributed by atoms with Gasteiger partial charge < -0.3 is 5.32 Å². The predicted octanol–water partition coefficient (Wildman–Crippen LogP) is 4.80. The molecule has 1 heterocycles. The second kappa shape index (κ2) is 7.66. The molecule has 0 spiro atoms. The van der Waals surface area contributed by atoms with Crippen molar-refractivity contribution in [3.05, 3.63) is 90.5 Å². The molecule has 0 aliphatic carbocycles. The molecule has 1 saturated heterocycles. The lowest BCUT2D eigenvalue weighted by Gasteiger charge is -2.23. The summed E-state index contributed by atoms with van der Waals surface area (Å²) in [6.07, 6.45) is 0. The van der Waals surface area contributed by atoms with Gasteiger partial charge in [0.05, 0.1) is 5.69 Å². The van der Waals surface area contributed by atoms with Gasteiger partial charge >= 0.3 is 0 Å². The van der Waals surface area contributed by atoms with Crippen LogP contribution in [0.1, 0.15) is 12.5 Å². The van der Waals surface area contributed by atoms with Crippen LogP contribution in [0.15, 0.2) is 94.7 Å². The van der Waals surface area contributed by atoms with Gasteiger partial charge in [0, 0.05) is 9.79 Å². The van der Waals surface area contributed by atoms with Crippen molar-refractivity contribution >= 4 is 40.7 Å². The monoisotopic (exact) mass is 405 g/mol. The highest BCUT2D eigenvalue weighted by atomic mass is 32.2. The molecule has 1 amide bonds. The van der Waals surface area contributed by atoms with Gasteiger partial charge in [0.2, 0.25) is 0 Å². The first-order valence-electron chi connectivity index (χ1n) is 8.88. The lowest BCUT2D eigenvalue weighted by molar-refractivity contribution is -0.129. The number of nitrogens with one attached hydrogen (secondary N) is 2. The summed E-state index contributed by atoms with van der Waals surface area (Å²) in [5, 5.41) is 4.93. The number of hydrogen-bond acceptors (Lipinski definition) is 4. The van der Waals surface area contributed by atoms with Crippen molar-refractivity contribution in [2.24, 2.45) is 0 Å². The number of anilines is 1. The maximum absolute atomic E-state index is 13.1. The molecule has 4 rings (SSSR count). The SMILES string of the molecule is CC1(c2ccc(Sc3ccccc3)cc2)NC(=S)N(Nc2ccccc2)C1=O. The molecule has 28 heavy (non-hydrogen) atoms. The average Bonchev–Trinajstić information content (AvgIpc) is 2.94. The fourth-order valence-corrected chi connectivity index (χ4v) is 4.23. The average molecular weight is 406 g/mol. The molecule has 1 unspecified atom stereocenters. The number of carbonyl (C=O) groups excluding carboxylic acids is 1. The van der Waals surface area contributed by atoms with Crippen molar-refractivity contribution in [2.45, 2.75) is 22.3 Å². The molecule has 140 valence electrons. The van der Waals surface area contributed by atoms with E-state index in [4.69, 9.17) is 12.2 Å². The summed E-state index contributed by atoms with van der Waals surface area (Å²) in [6.45, 7) is 1.85. The summed E-state index contributed by atoms with van der Waals surface area (Å²) in [5.41, 5.74) is 3.85. The Kier molecular flexibility index (Phi) is 5.07. The summed E-state index contributed by atoms with van der Waals surface area (Å²) < 4.78 is 0. The first kappa shape index (κ1) is 18.5. The van der Waals surface area contributed by atoms with E-state index in [1.165, 1.54) is 9.90 Å². The van der Waals surface area contributed by atoms with Crippen molar-refractivity contribution in [1.82, 2.24) is 10.3 Å². The standard InChI is InChI=1S/C22H19N3OS2/c1-22(16-12-14-19(15-13-16)28-18-10-6-3-7-11-18)20(26)25(21(27)23-22)24-17-8-4-2-5-9-17/h2-15,24H,1H3,(H,23,27). The Morgan fingerprint density at radius 3 is 2.11 bits per heavy atom. The van der Waals surface area contributed by atoms with Gasteiger partial charge in [-0.3, -0.25) is 10.2 Å². The number of hydrogen-bond donors (Lipinski definition) is 2. The van der Waals surface area contributed by atoms with Crippen molar-refractivity contribution < 1.29 is 4.79 Å². The topological polar surface area (TPSA) is 44.4 Å². The molecule has 0 radical (unpaired) electrons. The minimum Gasteiger partial charge on any atom is -0.343 e. The maximum Gasteiger partial charge on any atom is 0.277 e. The second-order valence-corrected chi connectivity index (χ2v) is 8.15. The van der Waals surface area contributed by atoms with Crippen LogP contribution >= 0.6 is 24.0 Å². The zero-order chi connectivity index (χ0) is 19.6. The molecule has 3 aromatic carbocycles. The van der Waals surface area contributed by atoms with E-state index in [0.29, 0.717) is 5.11 Å². The molecule has 1 aliphatic rings. The molecule has 3 aromatic rings. The number of nitrogens with zero attached hydrogens (tertiary/aromatic N) is 1. The smallest absolute Gasteiger partial charge is 0.277 e. The summed E-state index contributed by atoms with van der Waals surface area (Å²) >= 11 is 7.09. The fourth-order valence-electron chi connectivity index (χ4n) is 3.06. The van der Waals surface area contributed by atoms with Crippen LogP contribution in [0.4, 0.5) is 5.69 Å². The van der Waals surface area contributed by atoms with Gasteiger partial charge in [-0.1, -0.05) is 60.3 Å². The number of carbonyl (C=O) groups is 1. The Morgan fingerprint density at radius 2 is 1.46 bits per heavy atom. The van der Waals surface area contributed by atoms with E-state index in [1.807, 2.05) is 79.7 Å². The van der Waals surface area contributed by atoms with Gasteiger partial charge in [0.25, 0.3) is 5.91 Å². The zero-order valence-electron chi connectivity index (χ0n) is 15.3. The van der Waals surface area contributed by atoms with Crippen LogP contribution in [0.25, 0.3) is 0 Å². The summed E-state index contributed by atoms with van der Waals surface area (Å²) in [4.78, 5) is 15.4. The van der Waals surface area contributed by atoms with Crippen LogP contribution in [0.2, 0.25) is 0 Å². The van der Waals surface area contributed by atoms with E-state index in [-0.39, 0.29) is 5.91 Å². The van der Waals surface area contributed by atoms with E-state index >= 15 is 0 Å². The lowest BCUT2D eigenvalue weighted by atomic mass is 9.92. The van der Waals surface area contributed by atoms with E-state index in [2.05, 4.69) is 22.9 Å². The van der Waals surface area contributed by atoms with Crippen molar-refractivity contribution in [2.75, 3.05) is 5.43 Å². The quantitative estimate of drug-likeness (QED) is 0.597. The molecular weight excluding hydrogens is 386 g/mol. The molecule has 0 saturated carbocycles. The normalized spacial score (nSPS) is 18.8. The number of benzene rings is 3. The molecule has 1 atom stereocenters. The fraction of sp³-hybridized carbons (Fsp3) is 0.0909. The second-order valence-electron chi connectivity index (χ2n) is 6.61. The summed E-state index contributed by atoms with van der Waals surface area (Å²) in [5.74, 6) is -0.134. The van der Waals surface area contributed by atoms with Gasteiger partial charge in [-0.15, -0.1) is 0 Å². The maximum atomic E-state index is 13.1. The third kappa shape index (κ3) is 3.61. The largest absolute Gasteiger partial charge is 0.343 e. The Morgan fingerprint density at radius 1 is 0.893 bits per heavy atom. The van der Waals surface area contributed by atoms with Gasteiger partial charge in [-0.05, 0) is 61.1 Å². The lowest BCUT2D eigenvalue weighted by Crippen LogP contribution is -2.41. The Bertz CT molecular complexity index is 993. The van der Waals surface area contributed by atoms with Gasteiger partial charge in [-0.25, -0.2) is 0 Å². The van der Waals surface area contributed by atoms with Gasteiger partial charge in [0.15, 0.2) is 5.11 Å². The van der Waals surface area contributed by atoms with Crippen LogP contribution < -0.4 is 10.7 Å². The van der Waals surface area contributed by atoms with Crippen molar-refractivity contribution in [1.29, 1.82) is 0 Å².